The molecular formula is C5H8N2O3. The molecule has 0 atom stereocenters. The third kappa shape index (κ3) is 6.61. The highest BCUT2D eigenvalue weighted by molar-refractivity contribution is 5.36. The van der Waals surface area contributed by atoms with Gasteiger partial charge in [0.2, 0.25) is 0 Å². The Morgan fingerprint density at radius 3 is 2.70 bits per heavy atom. The van der Waals surface area contributed by atoms with Crippen LogP contribution in [0.15, 0.2) is 17.0 Å². The van der Waals surface area contributed by atoms with Gasteiger partial charge in [-0.1, -0.05) is 0 Å². The van der Waals surface area contributed by atoms with Crippen LogP contribution in [-0.4, -0.2) is 23.4 Å². The molecule has 0 N–H and O–H groups in total. The van der Waals surface area contributed by atoms with Crippen molar-refractivity contribution in [2.75, 3.05) is 6.61 Å². The van der Waals surface area contributed by atoms with E-state index in [0.29, 0.717) is 13.1 Å². The number of hydrogen-bond donors (Lipinski definition) is 0. The smallest absolute Gasteiger partial charge is 0.293 e. The molecule has 0 aromatic carbocycles. The lowest BCUT2D eigenvalue weighted by atomic mass is 10.9. The zero-order valence-corrected chi connectivity index (χ0v) is 5.56. The zero-order valence-electron chi connectivity index (χ0n) is 5.56. The van der Waals surface area contributed by atoms with Crippen LogP contribution >= 0.6 is 0 Å². The summed E-state index contributed by atoms with van der Waals surface area (Å²) in [4.78, 5) is 9.18. The van der Waals surface area contributed by atoms with Crippen molar-refractivity contribution in [3.63, 3.8) is 0 Å². The molecule has 0 radical (unpaired) electrons. The molecule has 0 bridgehead atoms. The minimum atomic E-state index is 0.431. The zero-order chi connectivity index (χ0) is 7.66. The van der Waals surface area contributed by atoms with E-state index in [4.69, 9.17) is 0 Å². The first kappa shape index (κ1) is 8.61. The van der Waals surface area contributed by atoms with Crippen LogP contribution in [0.5, 0.6) is 0 Å². The maximum atomic E-state index is 9.18. The second-order valence-corrected chi connectivity index (χ2v) is 1.14. The number of aromatic nitrogens is 2. The lowest BCUT2D eigenvalue weighted by Crippen LogP contribution is -1.80. The highest BCUT2D eigenvalue weighted by Crippen LogP contribution is 1.64. The fraction of sp³-hybridized carbons (Fsp3) is 0.400. The molecule has 0 saturated heterocycles. The molecule has 0 fully saturated rings. The van der Waals surface area contributed by atoms with E-state index in [9.17, 15) is 4.79 Å². The van der Waals surface area contributed by atoms with Crippen LogP contribution < -0.4 is 0 Å². The molecule has 10 heavy (non-hydrogen) atoms. The van der Waals surface area contributed by atoms with E-state index >= 15 is 0 Å². The van der Waals surface area contributed by atoms with Gasteiger partial charge in [-0.2, -0.15) is 0 Å². The van der Waals surface area contributed by atoms with Crippen molar-refractivity contribution in [2.24, 2.45) is 0 Å². The molecule has 0 unspecified atom stereocenters. The number of hydrogen-bond acceptors (Lipinski definition) is 5. The van der Waals surface area contributed by atoms with Gasteiger partial charge in [-0.05, 0) is 6.92 Å². The average Bonchev–Trinajstić information content (AvgIpc) is 2.44. The highest BCUT2D eigenvalue weighted by atomic mass is 16.5. The maximum absolute atomic E-state index is 9.18. The summed E-state index contributed by atoms with van der Waals surface area (Å²) in [5.41, 5.74) is 0. The third-order valence-corrected chi connectivity index (χ3v) is 0.517. The van der Waals surface area contributed by atoms with Gasteiger partial charge in [0.25, 0.3) is 6.47 Å². The van der Waals surface area contributed by atoms with Crippen molar-refractivity contribution in [2.45, 2.75) is 6.92 Å². The largest absolute Gasteiger partial charge is 0.468 e. The molecule has 0 aliphatic rings. The Morgan fingerprint density at radius 1 is 1.80 bits per heavy atom. The van der Waals surface area contributed by atoms with Crippen molar-refractivity contribution in [1.29, 1.82) is 0 Å². The van der Waals surface area contributed by atoms with Crippen molar-refractivity contribution in [1.82, 2.24) is 10.4 Å². The second-order valence-electron chi connectivity index (χ2n) is 1.14. The van der Waals surface area contributed by atoms with Crippen LogP contribution in [0, 0.1) is 0 Å². The van der Waals surface area contributed by atoms with E-state index in [1.54, 1.807) is 6.92 Å². The SMILES string of the molecule is CCOC=O.c1conn1. The molecule has 0 saturated carbocycles. The molecular weight excluding hydrogens is 136 g/mol. The quantitative estimate of drug-likeness (QED) is 0.556. The molecule has 0 amide bonds. The number of ether oxygens (including phenoxy) is 1. The molecule has 1 heterocycles. The minimum Gasteiger partial charge on any atom is -0.468 e. The fourth-order valence-electron chi connectivity index (χ4n) is 0.204. The van der Waals surface area contributed by atoms with Crippen LogP contribution in [0.1, 0.15) is 6.92 Å². The Bertz CT molecular complexity index is 123. The summed E-state index contributed by atoms with van der Waals surface area (Å²) in [6.45, 7) is 2.66. The Balaban J connectivity index is 0.000000162. The molecule has 1 rings (SSSR count). The van der Waals surface area contributed by atoms with Crippen LogP contribution in [0.3, 0.4) is 0 Å². The summed E-state index contributed by atoms with van der Waals surface area (Å²) in [6.07, 6.45) is 2.88. The van der Waals surface area contributed by atoms with Gasteiger partial charge in [-0.3, -0.25) is 4.79 Å². The average molecular weight is 144 g/mol. The Labute approximate surface area is 58.0 Å². The van der Waals surface area contributed by atoms with E-state index in [-0.39, 0.29) is 0 Å². The lowest BCUT2D eigenvalue weighted by Gasteiger charge is -1.79. The first-order valence-corrected chi connectivity index (χ1v) is 2.68. The molecule has 5 nitrogen and oxygen atoms in total. The van der Waals surface area contributed by atoms with E-state index in [1.165, 1.54) is 12.5 Å². The van der Waals surface area contributed by atoms with Gasteiger partial charge < -0.3 is 9.26 Å². The van der Waals surface area contributed by atoms with Gasteiger partial charge in [-0.25, -0.2) is 0 Å². The molecule has 1 aromatic heterocycles. The summed E-state index contributed by atoms with van der Waals surface area (Å²) in [6, 6.07) is 0. The van der Waals surface area contributed by atoms with Crippen LogP contribution in [0.25, 0.3) is 0 Å². The van der Waals surface area contributed by atoms with E-state index in [1.807, 2.05) is 0 Å². The van der Waals surface area contributed by atoms with E-state index < -0.39 is 0 Å². The number of nitrogens with zero attached hydrogens (tertiary/aromatic N) is 2. The van der Waals surface area contributed by atoms with Gasteiger partial charge in [-0.15, -0.1) is 5.10 Å². The van der Waals surface area contributed by atoms with Crippen molar-refractivity contribution in [3.8, 4) is 0 Å². The topological polar surface area (TPSA) is 65.2 Å². The number of rotatable bonds is 2. The van der Waals surface area contributed by atoms with Crippen LogP contribution in [0.2, 0.25) is 0 Å². The summed E-state index contributed by atoms with van der Waals surface area (Å²) >= 11 is 0. The monoisotopic (exact) mass is 144 g/mol. The van der Waals surface area contributed by atoms with E-state index in [0.717, 1.165) is 0 Å². The van der Waals surface area contributed by atoms with Gasteiger partial charge >= 0.3 is 0 Å². The molecule has 5 heteroatoms. The first-order valence-electron chi connectivity index (χ1n) is 2.68. The van der Waals surface area contributed by atoms with E-state index in [2.05, 4.69) is 19.6 Å². The molecule has 1 aromatic rings. The van der Waals surface area contributed by atoms with Gasteiger partial charge in [0.05, 0.1) is 12.8 Å². The highest BCUT2D eigenvalue weighted by Gasteiger charge is 1.61. The maximum Gasteiger partial charge on any atom is 0.293 e. The predicted octanol–water partition coefficient (Wildman–Crippen LogP) is 0.249. The van der Waals surface area contributed by atoms with Gasteiger partial charge in [0.15, 0.2) is 0 Å². The summed E-state index contributed by atoms with van der Waals surface area (Å²) in [7, 11) is 0. The summed E-state index contributed by atoms with van der Waals surface area (Å²) < 4.78 is 8.38. The summed E-state index contributed by atoms with van der Waals surface area (Å²) in [5, 5.41) is 6.40. The van der Waals surface area contributed by atoms with Crippen molar-refractivity contribution >= 4 is 6.47 Å². The van der Waals surface area contributed by atoms with Crippen LogP contribution in [0.4, 0.5) is 0 Å². The first-order chi connectivity index (χ1) is 4.91. The Kier molecular flexibility index (Phi) is 6.55. The van der Waals surface area contributed by atoms with Crippen molar-refractivity contribution < 1.29 is 14.1 Å². The Hall–Kier alpha value is -1.39. The standard InChI is InChI=1S/C3H6O2.C2H2N2O/c1-2-5-3-4;1-2-5-4-3-1/h3H,2H2,1H3;1-2H. The molecule has 0 aliphatic carbocycles. The normalized spacial score (nSPS) is 7.30. The second kappa shape index (κ2) is 7.61. The fourth-order valence-corrected chi connectivity index (χ4v) is 0.204. The number of carbonyl (C=O) groups is 1. The predicted molar refractivity (Wildman–Crippen MR) is 32.0 cm³/mol. The van der Waals surface area contributed by atoms with Crippen molar-refractivity contribution in [3.05, 3.63) is 12.5 Å². The number of carbonyl (C=O) groups excluding carboxylic acids is 1. The molecule has 0 spiro atoms. The molecule has 56 valence electrons. The Morgan fingerprint density at radius 2 is 2.60 bits per heavy atom. The third-order valence-electron chi connectivity index (χ3n) is 0.517. The lowest BCUT2D eigenvalue weighted by molar-refractivity contribution is -0.128. The minimum absolute atomic E-state index is 0.431. The molecule has 0 aliphatic heterocycles. The van der Waals surface area contributed by atoms with Gasteiger partial charge in [0.1, 0.15) is 6.26 Å². The van der Waals surface area contributed by atoms with Gasteiger partial charge in [0, 0.05) is 5.27 Å². The summed E-state index contributed by atoms with van der Waals surface area (Å²) in [5.74, 6) is 0. The van der Waals surface area contributed by atoms with Crippen LogP contribution in [-0.2, 0) is 9.53 Å².